The molecule has 2 amide bonds. The number of benzene rings is 2. The van der Waals surface area contributed by atoms with Crippen LogP contribution in [-0.2, 0) is 4.79 Å². The molecule has 0 saturated carbocycles. The Bertz CT molecular complexity index is 977. The summed E-state index contributed by atoms with van der Waals surface area (Å²) >= 11 is 6.80. The molecule has 7 nitrogen and oxygen atoms in total. The van der Waals surface area contributed by atoms with Crippen LogP contribution >= 0.6 is 23.4 Å². The van der Waals surface area contributed by atoms with Crippen molar-refractivity contribution in [3.63, 3.8) is 0 Å². The van der Waals surface area contributed by atoms with Crippen LogP contribution in [-0.4, -0.2) is 48.5 Å². The average Bonchev–Trinajstić information content (AvgIpc) is 2.98. The van der Waals surface area contributed by atoms with Crippen LogP contribution in [0.1, 0.15) is 5.56 Å². The van der Waals surface area contributed by atoms with Crippen molar-refractivity contribution in [1.29, 1.82) is 0 Å². The molecule has 9 heteroatoms. The Labute approximate surface area is 176 Å². The van der Waals surface area contributed by atoms with E-state index in [1.54, 1.807) is 18.2 Å². The summed E-state index contributed by atoms with van der Waals surface area (Å²) in [4.78, 5) is 26.2. The van der Waals surface area contributed by atoms with Crippen molar-refractivity contribution in [3.8, 4) is 23.0 Å². The van der Waals surface area contributed by atoms with Gasteiger partial charge in [-0.05, 0) is 47.7 Å². The van der Waals surface area contributed by atoms with Gasteiger partial charge in [-0.15, -0.1) is 0 Å². The maximum atomic E-state index is 12.6. The molecule has 0 unspecified atom stereocenters. The molecule has 0 aliphatic carbocycles. The summed E-state index contributed by atoms with van der Waals surface area (Å²) in [5, 5.41) is 9.51. The van der Waals surface area contributed by atoms with Crippen LogP contribution in [0.3, 0.4) is 0 Å². The summed E-state index contributed by atoms with van der Waals surface area (Å²) in [6.45, 7) is 0.226. The fraction of sp³-hybridized carbons (Fsp3) is 0.200. The molecule has 1 heterocycles. The van der Waals surface area contributed by atoms with E-state index in [9.17, 15) is 14.7 Å². The Balaban J connectivity index is 1.70. The summed E-state index contributed by atoms with van der Waals surface area (Å²) in [5.41, 5.74) is 0.528. The topological polar surface area (TPSA) is 85.3 Å². The van der Waals surface area contributed by atoms with Gasteiger partial charge in [0.1, 0.15) is 6.61 Å². The minimum Gasteiger partial charge on any atom is -0.503 e. The van der Waals surface area contributed by atoms with E-state index in [1.807, 2.05) is 6.07 Å². The number of carbonyl (C=O) groups is 2. The van der Waals surface area contributed by atoms with E-state index in [1.165, 1.54) is 32.4 Å². The average molecular weight is 436 g/mol. The third kappa shape index (κ3) is 4.60. The zero-order chi connectivity index (χ0) is 21.0. The van der Waals surface area contributed by atoms with E-state index >= 15 is 0 Å². The highest BCUT2D eigenvalue weighted by atomic mass is 35.5. The van der Waals surface area contributed by atoms with Crippen molar-refractivity contribution in [2.24, 2.45) is 0 Å². The van der Waals surface area contributed by atoms with Gasteiger partial charge in [0.15, 0.2) is 23.0 Å². The standard InChI is InChI=1S/C20H18ClNO6S/c1-26-14-5-3-4-6-15(14)28-8-7-22-19(24)17(29-20(22)25)11-12-9-13(21)18(23)16(10-12)27-2/h3-6,9-11,23H,7-8H2,1-2H3/b17-11-. The zero-order valence-corrected chi connectivity index (χ0v) is 17.2. The quantitative estimate of drug-likeness (QED) is 0.653. The number of aromatic hydroxyl groups is 1. The van der Waals surface area contributed by atoms with Crippen LogP contribution in [0, 0.1) is 0 Å². The monoisotopic (exact) mass is 435 g/mol. The third-order valence-corrected chi connectivity index (χ3v) is 5.28. The highest BCUT2D eigenvalue weighted by molar-refractivity contribution is 8.18. The van der Waals surface area contributed by atoms with Crippen LogP contribution in [0.4, 0.5) is 4.79 Å². The third-order valence-electron chi connectivity index (χ3n) is 4.08. The Morgan fingerprint density at radius 2 is 1.79 bits per heavy atom. The lowest BCUT2D eigenvalue weighted by atomic mass is 10.2. The fourth-order valence-electron chi connectivity index (χ4n) is 2.66. The van der Waals surface area contributed by atoms with Gasteiger partial charge in [-0.3, -0.25) is 14.5 Å². The molecule has 152 valence electrons. The number of methoxy groups -OCH3 is 2. The molecule has 1 N–H and O–H groups in total. The van der Waals surface area contributed by atoms with Crippen LogP contribution in [0.15, 0.2) is 41.3 Å². The van der Waals surface area contributed by atoms with E-state index in [0.717, 1.165) is 16.7 Å². The summed E-state index contributed by atoms with van der Waals surface area (Å²) in [6, 6.07) is 10.1. The van der Waals surface area contributed by atoms with Gasteiger partial charge in [0.25, 0.3) is 11.1 Å². The largest absolute Gasteiger partial charge is 0.503 e. The van der Waals surface area contributed by atoms with Crippen molar-refractivity contribution in [3.05, 3.63) is 51.9 Å². The van der Waals surface area contributed by atoms with Gasteiger partial charge in [0.05, 0.1) is 30.7 Å². The highest BCUT2D eigenvalue weighted by Gasteiger charge is 2.35. The highest BCUT2D eigenvalue weighted by Crippen LogP contribution is 2.38. The molecule has 1 fully saturated rings. The van der Waals surface area contributed by atoms with Gasteiger partial charge in [0.2, 0.25) is 0 Å². The number of amides is 2. The van der Waals surface area contributed by atoms with Crippen molar-refractivity contribution in [1.82, 2.24) is 4.90 Å². The fourth-order valence-corrected chi connectivity index (χ4v) is 3.75. The van der Waals surface area contributed by atoms with E-state index in [-0.39, 0.29) is 39.8 Å². The second-order valence-corrected chi connectivity index (χ2v) is 7.29. The van der Waals surface area contributed by atoms with E-state index in [0.29, 0.717) is 17.1 Å². The molecule has 1 saturated heterocycles. The molecule has 29 heavy (non-hydrogen) atoms. The lowest BCUT2D eigenvalue weighted by molar-refractivity contribution is -0.123. The molecular weight excluding hydrogens is 418 g/mol. The first kappa shape index (κ1) is 20.9. The number of thioether (sulfide) groups is 1. The predicted octanol–water partition coefficient (Wildman–Crippen LogP) is 4.18. The number of hydrogen-bond acceptors (Lipinski definition) is 7. The molecular formula is C20H18ClNO6S. The van der Waals surface area contributed by atoms with Gasteiger partial charge in [-0.2, -0.15) is 0 Å². The maximum Gasteiger partial charge on any atom is 0.293 e. The Morgan fingerprint density at radius 3 is 2.48 bits per heavy atom. The molecule has 1 aliphatic heterocycles. The first-order valence-electron chi connectivity index (χ1n) is 8.52. The van der Waals surface area contributed by atoms with Gasteiger partial charge >= 0.3 is 0 Å². The number of hydrogen-bond donors (Lipinski definition) is 1. The molecule has 0 atom stereocenters. The number of para-hydroxylation sites is 2. The molecule has 3 rings (SSSR count). The lowest BCUT2D eigenvalue weighted by Gasteiger charge is -2.14. The number of carbonyl (C=O) groups excluding carboxylic acids is 2. The van der Waals surface area contributed by atoms with Crippen LogP contribution in [0.2, 0.25) is 5.02 Å². The summed E-state index contributed by atoms with van der Waals surface area (Å²) in [6.07, 6.45) is 1.53. The van der Waals surface area contributed by atoms with E-state index < -0.39 is 5.91 Å². The number of phenolic OH excluding ortho intramolecular Hbond substituents is 1. The van der Waals surface area contributed by atoms with Crippen molar-refractivity contribution in [2.45, 2.75) is 0 Å². The molecule has 2 aromatic carbocycles. The van der Waals surface area contributed by atoms with Gasteiger partial charge < -0.3 is 19.3 Å². The zero-order valence-electron chi connectivity index (χ0n) is 15.7. The second kappa shape index (κ2) is 9.11. The van der Waals surface area contributed by atoms with Crippen molar-refractivity contribution in [2.75, 3.05) is 27.4 Å². The number of nitrogens with zero attached hydrogens (tertiary/aromatic N) is 1. The number of rotatable bonds is 7. The van der Waals surface area contributed by atoms with Crippen molar-refractivity contribution < 1.29 is 28.9 Å². The second-order valence-electron chi connectivity index (χ2n) is 5.89. The maximum absolute atomic E-state index is 12.6. The summed E-state index contributed by atoms with van der Waals surface area (Å²) < 4.78 is 15.9. The minimum absolute atomic E-state index is 0.0834. The van der Waals surface area contributed by atoms with Crippen LogP contribution in [0.5, 0.6) is 23.0 Å². The number of imide groups is 1. The number of ether oxygens (including phenoxy) is 3. The Morgan fingerprint density at radius 1 is 1.10 bits per heavy atom. The number of halogens is 1. The van der Waals surface area contributed by atoms with Crippen LogP contribution in [0.25, 0.3) is 6.08 Å². The van der Waals surface area contributed by atoms with Gasteiger partial charge in [-0.1, -0.05) is 23.7 Å². The SMILES string of the molecule is COc1ccccc1OCCN1C(=O)S/C(=C\c2cc(Cl)c(O)c(OC)c2)C1=O. The number of phenols is 1. The van der Waals surface area contributed by atoms with Crippen LogP contribution < -0.4 is 14.2 Å². The Kier molecular flexibility index (Phi) is 6.56. The molecule has 0 aromatic heterocycles. The first-order valence-corrected chi connectivity index (χ1v) is 9.71. The molecule has 1 aliphatic rings. The van der Waals surface area contributed by atoms with E-state index in [2.05, 4.69) is 0 Å². The smallest absolute Gasteiger partial charge is 0.293 e. The van der Waals surface area contributed by atoms with Gasteiger partial charge in [-0.25, -0.2) is 0 Å². The Hall–Kier alpha value is -2.84. The lowest BCUT2D eigenvalue weighted by Crippen LogP contribution is -2.32. The molecule has 2 aromatic rings. The molecule has 0 radical (unpaired) electrons. The summed E-state index contributed by atoms with van der Waals surface area (Å²) in [7, 11) is 2.93. The molecule has 0 spiro atoms. The van der Waals surface area contributed by atoms with E-state index in [4.69, 9.17) is 25.8 Å². The van der Waals surface area contributed by atoms with Gasteiger partial charge in [0, 0.05) is 0 Å². The molecule has 0 bridgehead atoms. The predicted molar refractivity (Wildman–Crippen MR) is 111 cm³/mol. The first-order chi connectivity index (χ1) is 13.9. The minimum atomic E-state index is -0.424. The normalized spacial score (nSPS) is 15.1. The summed E-state index contributed by atoms with van der Waals surface area (Å²) in [5.74, 6) is 0.663. The van der Waals surface area contributed by atoms with Crippen molar-refractivity contribution >= 4 is 40.6 Å².